The lowest BCUT2D eigenvalue weighted by Crippen LogP contribution is -2.42. The minimum absolute atomic E-state index is 0.182. The maximum absolute atomic E-state index is 5.82. The highest BCUT2D eigenvalue weighted by Gasteiger charge is 2.31. The van der Waals surface area contributed by atoms with Gasteiger partial charge in [0.25, 0.3) is 0 Å². The smallest absolute Gasteiger partial charge is 0.0314 e. The Hall–Kier alpha value is -1.06. The predicted octanol–water partition coefficient (Wildman–Crippen LogP) is 2.72. The van der Waals surface area contributed by atoms with Gasteiger partial charge in [-0.2, -0.15) is 0 Å². The van der Waals surface area contributed by atoms with Gasteiger partial charge in [-0.25, -0.2) is 0 Å². The van der Waals surface area contributed by atoms with Gasteiger partial charge >= 0.3 is 0 Å². The number of fused-ring (bicyclic) bond motifs is 1. The summed E-state index contributed by atoms with van der Waals surface area (Å²) in [6, 6.07) is 9.23. The largest absolute Gasteiger partial charge is 0.399 e. The van der Waals surface area contributed by atoms with Crippen LogP contribution >= 0.6 is 0 Å². The van der Waals surface area contributed by atoms with Gasteiger partial charge in [-0.15, -0.1) is 0 Å². The number of hydrogen-bond acceptors (Lipinski definition) is 3. The SMILES string of the molecule is CC(C)(CN1CCCN2CCCC2C1)c1ccc(N)cc1. The summed E-state index contributed by atoms with van der Waals surface area (Å²) >= 11 is 0. The highest BCUT2D eigenvalue weighted by Crippen LogP contribution is 2.28. The molecule has 2 N–H and O–H groups in total. The first-order chi connectivity index (χ1) is 10.0. The minimum atomic E-state index is 0.182. The Labute approximate surface area is 129 Å². The number of nitrogens with two attached hydrogens (primary N) is 1. The Kier molecular flexibility index (Phi) is 4.23. The Bertz CT molecular complexity index is 466. The van der Waals surface area contributed by atoms with Crippen molar-refractivity contribution in [3.63, 3.8) is 0 Å². The second kappa shape index (κ2) is 5.98. The van der Waals surface area contributed by atoms with Gasteiger partial charge in [-0.1, -0.05) is 26.0 Å². The number of nitrogens with zero attached hydrogens (tertiary/aromatic N) is 2. The average molecular weight is 287 g/mol. The van der Waals surface area contributed by atoms with Crippen LogP contribution in [0.2, 0.25) is 0 Å². The molecule has 2 heterocycles. The molecule has 0 saturated carbocycles. The lowest BCUT2D eigenvalue weighted by atomic mass is 9.84. The van der Waals surface area contributed by atoms with E-state index < -0.39 is 0 Å². The summed E-state index contributed by atoms with van der Waals surface area (Å²) in [5.74, 6) is 0. The fourth-order valence-corrected chi connectivity index (χ4v) is 4.01. The van der Waals surface area contributed by atoms with E-state index in [0.29, 0.717) is 0 Å². The molecular weight excluding hydrogens is 258 g/mol. The molecule has 2 aliphatic rings. The molecule has 0 radical (unpaired) electrons. The molecule has 0 bridgehead atoms. The van der Waals surface area contributed by atoms with Crippen molar-refractivity contribution in [1.82, 2.24) is 9.80 Å². The summed E-state index contributed by atoms with van der Waals surface area (Å²) in [5.41, 5.74) is 8.24. The predicted molar refractivity (Wildman–Crippen MR) is 89.5 cm³/mol. The van der Waals surface area contributed by atoms with Crippen molar-refractivity contribution in [2.24, 2.45) is 0 Å². The quantitative estimate of drug-likeness (QED) is 0.868. The average Bonchev–Trinajstić information content (AvgIpc) is 2.78. The zero-order chi connectivity index (χ0) is 14.9. The van der Waals surface area contributed by atoms with E-state index >= 15 is 0 Å². The molecule has 0 aromatic heterocycles. The molecule has 21 heavy (non-hydrogen) atoms. The van der Waals surface area contributed by atoms with Crippen LogP contribution in [0.5, 0.6) is 0 Å². The summed E-state index contributed by atoms with van der Waals surface area (Å²) in [6.07, 6.45) is 4.09. The van der Waals surface area contributed by atoms with Crippen LogP contribution in [0.1, 0.15) is 38.7 Å². The van der Waals surface area contributed by atoms with Gasteiger partial charge in [0, 0.05) is 30.2 Å². The number of nitrogen functional groups attached to an aromatic ring is 1. The molecule has 1 atom stereocenters. The van der Waals surface area contributed by atoms with Crippen molar-refractivity contribution >= 4 is 5.69 Å². The maximum atomic E-state index is 5.82. The highest BCUT2D eigenvalue weighted by molar-refractivity contribution is 5.41. The third-order valence-electron chi connectivity index (χ3n) is 5.20. The van der Waals surface area contributed by atoms with Crippen LogP contribution in [0.4, 0.5) is 5.69 Å². The molecule has 1 aromatic carbocycles. The molecule has 0 amide bonds. The van der Waals surface area contributed by atoms with Gasteiger partial charge in [0.15, 0.2) is 0 Å². The summed E-state index contributed by atoms with van der Waals surface area (Å²) in [4.78, 5) is 5.39. The van der Waals surface area contributed by atoms with Crippen LogP contribution in [0.25, 0.3) is 0 Å². The molecule has 2 fully saturated rings. The van der Waals surface area contributed by atoms with Crippen molar-refractivity contribution in [2.75, 3.05) is 38.5 Å². The molecule has 3 heteroatoms. The van der Waals surface area contributed by atoms with Crippen molar-refractivity contribution in [2.45, 2.75) is 44.6 Å². The van der Waals surface area contributed by atoms with Crippen LogP contribution < -0.4 is 5.73 Å². The van der Waals surface area contributed by atoms with E-state index in [1.807, 2.05) is 12.1 Å². The molecular formula is C18H29N3. The molecule has 0 aliphatic carbocycles. The fourth-order valence-electron chi connectivity index (χ4n) is 4.01. The monoisotopic (exact) mass is 287 g/mol. The van der Waals surface area contributed by atoms with E-state index in [4.69, 9.17) is 5.73 Å². The highest BCUT2D eigenvalue weighted by atomic mass is 15.3. The Morgan fingerprint density at radius 1 is 1.10 bits per heavy atom. The molecule has 0 spiro atoms. The first kappa shape index (κ1) is 14.9. The summed E-state index contributed by atoms with van der Waals surface area (Å²) < 4.78 is 0. The third-order valence-corrected chi connectivity index (χ3v) is 5.20. The van der Waals surface area contributed by atoms with Crippen LogP contribution in [-0.4, -0.2) is 48.6 Å². The minimum Gasteiger partial charge on any atom is -0.399 e. The van der Waals surface area contributed by atoms with E-state index in [0.717, 1.165) is 18.3 Å². The van der Waals surface area contributed by atoms with Gasteiger partial charge in [0.1, 0.15) is 0 Å². The van der Waals surface area contributed by atoms with E-state index in [1.165, 1.54) is 51.0 Å². The van der Waals surface area contributed by atoms with Gasteiger partial charge in [0.05, 0.1) is 0 Å². The Morgan fingerprint density at radius 2 is 1.81 bits per heavy atom. The first-order valence-corrected chi connectivity index (χ1v) is 8.37. The van der Waals surface area contributed by atoms with Crippen molar-refractivity contribution in [3.8, 4) is 0 Å². The van der Waals surface area contributed by atoms with E-state index in [2.05, 4.69) is 35.8 Å². The zero-order valence-electron chi connectivity index (χ0n) is 13.5. The van der Waals surface area contributed by atoms with Crippen LogP contribution in [-0.2, 0) is 5.41 Å². The van der Waals surface area contributed by atoms with E-state index in [1.54, 1.807) is 0 Å². The normalized spacial score (nSPS) is 24.8. The third kappa shape index (κ3) is 3.41. The van der Waals surface area contributed by atoms with Crippen molar-refractivity contribution < 1.29 is 0 Å². The molecule has 116 valence electrons. The van der Waals surface area contributed by atoms with Gasteiger partial charge in [-0.3, -0.25) is 4.90 Å². The number of hydrogen-bond donors (Lipinski definition) is 1. The van der Waals surface area contributed by atoms with Crippen LogP contribution in [0.3, 0.4) is 0 Å². The van der Waals surface area contributed by atoms with E-state index in [9.17, 15) is 0 Å². The van der Waals surface area contributed by atoms with Crippen LogP contribution in [0, 0.1) is 0 Å². The molecule has 2 saturated heterocycles. The maximum Gasteiger partial charge on any atom is 0.0314 e. The fraction of sp³-hybridized carbons (Fsp3) is 0.667. The van der Waals surface area contributed by atoms with Gasteiger partial charge in [0.2, 0.25) is 0 Å². The first-order valence-electron chi connectivity index (χ1n) is 8.37. The van der Waals surface area contributed by atoms with Crippen molar-refractivity contribution in [1.29, 1.82) is 0 Å². The van der Waals surface area contributed by atoms with Crippen molar-refractivity contribution in [3.05, 3.63) is 29.8 Å². The number of rotatable bonds is 3. The molecule has 3 nitrogen and oxygen atoms in total. The second-order valence-electron chi connectivity index (χ2n) is 7.43. The molecule has 3 rings (SSSR count). The lowest BCUT2D eigenvalue weighted by Gasteiger charge is -2.34. The molecule has 2 aliphatic heterocycles. The van der Waals surface area contributed by atoms with E-state index in [-0.39, 0.29) is 5.41 Å². The number of benzene rings is 1. The molecule has 1 aromatic rings. The Balaban J connectivity index is 1.67. The van der Waals surface area contributed by atoms with Gasteiger partial charge < -0.3 is 10.6 Å². The summed E-state index contributed by atoms with van der Waals surface area (Å²) in [5, 5.41) is 0. The summed E-state index contributed by atoms with van der Waals surface area (Å²) in [6.45, 7) is 11.0. The lowest BCUT2D eigenvalue weighted by molar-refractivity contribution is 0.194. The summed E-state index contributed by atoms with van der Waals surface area (Å²) in [7, 11) is 0. The van der Waals surface area contributed by atoms with Crippen LogP contribution in [0.15, 0.2) is 24.3 Å². The Morgan fingerprint density at radius 3 is 2.57 bits per heavy atom. The molecule has 1 unspecified atom stereocenters. The standard InChI is InChI=1S/C18H29N3/c1-18(2,15-6-8-16(19)9-7-15)14-20-10-4-12-21-11-3-5-17(21)13-20/h6-9,17H,3-5,10-14,19H2,1-2H3. The van der Waals surface area contributed by atoms with Gasteiger partial charge in [-0.05, 0) is 56.6 Å². The second-order valence-corrected chi connectivity index (χ2v) is 7.43. The zero-order valence-corrected chi connectivity index (χ0v) is 13.5. The number of anilines is 1. The topological polar surface area (TPSA) is 32.5 Å².